The second-order valence-electron chi connectivity index (χ2n) is 5.31. The first-order chi connectivity index (χ1) is 10.5. The summed E-state index contributed by atoms with van der Waals surface area (Å²) in [6, 6.07) is 9.84. The molecule has 1 aromatic rings. The maximum absolute atomic E-state index is 11.8. The van der Waals surface area contributed by atoms with Gasteiger partial charge in [-0.2, -0.15) is 0 Å². The molecule has 2 aliphatic carbocycles. The molecule has 0 aromatic heterocycles. The zero-order chi connectivity index (χ0) is 15.9. The van der Waals surface area contributed by atoms with E-state index in [0.29, 0.717) is 24.0 Å². The van der Waals surface area contributed by atoms with E-state index in [0.717, 1.165) is 22.3 Å². The molecule has 3 nitrogen and oxygen atoms in total. The molecule has 0 atom stereocenters. The fourth-order valence-corrected chi connectivity index (χ4v) is 4.02. The quantitative estimate of drug-likeness (QED) is 0.495. The van der Waals surface area contributed by atoms with Crippen molar-refractivity contribution in [2.24, 2.45) is 0 Å². The van der Waals surface area contributed by atoms with E-state index in [9.17, 15) is 13.0 Å². The zero-order valence-electron chi connectivity index (χ0n) is 13.9. The third kappa shape index (κ3) is 4.46. The molecule has 1 N–H and O–H groups in total. The minimum absolute atomic E-state index is 0. The molecule has 3 rings (SSSR count). The molecule has 0 fully saturated rings. The molecule has 0 radical (unpaired) electrons. The van der Waals surface area contributed by atoms with Crippen LogP contribution < -0.4 is 0 Å². The molecule has 0 saturated carbocycles. The summed E-state index contributed by atoms with van der Waals surface area (Å²) in [5.41, 5.74) is 4.89. The van der Waals surface area contributed by atoms with Crippen molar-refractivity contribution in [1.29, 1.82) is 0 Å². The fraction of sp³-hybridized carbons (Fsp3) is 0.222. The zero-order valence-corrected chi connectivity index (χ0v) is 18.8. The van der Waals surface area contributed by atoms with Gasteiger partial charge < -0.3 is 0 Å². The first-order valence-electron chi connectivity index (χ1n) is 7.33. The molecule has 0 aliphatic heterocycles. The number of hydrogen-bond acceptors (Lipinski definition) is 2. The normalized spacial score (nSPS) is 15.6. The van der Waals surface area contributed by atoms with Gasteiger partial charge in [0.05, 0.1) is 0 Å². The van der Waals surface area contributed by atoms with Crippen molar-refractivity contribution in [2.75, 3.05) is 0 Å². The van der Waals surface area contributed by atoms with E-state index >= 15 is 0 Å². The van der Waals surface area contributed by atoms with Crippen LogP contribution in [0.1, 0.15) is 32.3 Å². The van der Waals surface area contributed by atoms with Gasteiger partial charge in [0.1, 0.15) is 0 Å². The first kappa shape index (κ1) is 24.6. The maximum atomic E-state index is 11.8. The molecule has 134 valence electrons. The Labute approximate surface area is 180 Å². The van der Waals surface area contributed by atoms with Gasteiger partial charge in [-0.25, -0.2) is 8.42 Å². The van der Waals surface area contributed by atoms with E-state index in [2.05, 4.69) is 6.08 Å². The van der Waals surface area contributed by atoms with Crippen LogP contribution in [0.25, 0.3) is 5.57 Å². The van der Waals surface area contributed by atoms with Crippen LogP contribution in [-0.2, 0) is 36.3 Å². The van der Waals surface area contributed by atoms with E-state index in [1.807, 2.05) is 50.3 Å². The Kier molecular flexibility index (Phi) is 9.31. The van der Waals surface area contributed by atoms with Crippen LogP contribution in [0.2, 0.25) is 0 Å². The van der Waals surface area contributed by atoms with E-state index in [1.165, 1.54) is 0 Å². The molecule has 0 unspecified atom stereocenters. The van der Waals surface area contributed by atoms with Crippen LogP contribution in [0.4, 0.5) is 0 Å². The second-order valence-corrected chi connectivity index (χ2v) is 6.67. The summed E-state index contributed by atoms with van der Waals surface area (Å²) in [6.07, 6.45) is 6.42. The van der Waals surface area contributed by atoms with E-state index in [-0.39, 0.29) is 55.9 Å². The van der Waals surface area contributed by atoms with Crippen LogP contribution in [-0.4, -0.2) is 13.0 Å². The Morgan fingerprint density at radius 3 is 2.12 bits per heavy atom. The van der Waals surface area contributed by atoms with Crippen LogP contribution in [0.3, 0.4) is 0 Å². The van der Waals surface area contributed by atoms with E-state index < -0.39 is 10.1 Å². The smallest absolute Gasteiger partial charge is 0.251 e. The predicted octanol–water partition coefficient (Wildman–Crippen LogP) is 4.93. The molecule has 0 heterocycles. The maximum Gasteiger partial charge on any atom is 0.251 e. The summed E-state index contributed by atoms with van der Waals surface area (Å²) < 4.78 is 33.3. The van der Waals surface area contributed by atoms with Crippen molar-refractivity contribution >= 4 is 40.5 Å². The van der Waals surface area contributed by atoms with Gasteiger partial charge in [-0.05, 0) is 17.7 Å². The van der Waals surface area contributed by atoms with Gasteiger partial charge in [0, 0.05) is 26.2 Å². The molecule has 7 heteroatoms. The Bertz CT molecular complexity index is 867. The molecular weight excluding hydrogens is 458 g/mol. The third-order valence-electron chi connectivity index (χ3n) is 4.01. The van der Waals surface area contributed by atoms with Crippen molar-refractivity contribution < 1.29 is 39.2 Å². The largest absolute Gasteiger partial charge is 0.289 e. The molecule has 25 heavy (non-hydrogen) atoms. The summed E-state index contributed by atoms with van der Waals surface area (Å²) in [6.45, 7) is 3.85. The number of rotatable bonds is 4. The van der Waals surface area contributed by atoms with E-state index in [1.54, 1.807) is 0 Å². The Hall–Kier alpha value is -0.447. The van der Waals surface area contributed by atoms with Crippen LogP contribution in [0, 0.1) is 6.08 Å². The molecule has 0 saturated heterocycles. The minimum Gasteiger partial charge on any atom is -0.289 e. The third-order valence-corrected chi connectivity index (χ3v) is 4.98. The summed E-state index contributed by atoms with van der Waals surface area (Å²) in [7, 11) is -4.26. The average molecular weight is 478 g/mol. The minimum atomic E-state index is -4.26. The van der Waals surface area contributed by atoms with Gasteiger partial charge in [0.2, 0.25) is 0 Å². The molecule has 0 amide bonds. The number of allylic oxidation sites excluding steroid dienone is 7. The number of benzene rings is 1. The van der Waals surface area contributed by atoms with Crippen molar-refractivity contribution in [3.05, 3.63) is 75.2 Å². The monoisotopic (exact) mass is 475 g/mol. The van der Waals surface area contributed by atoms with Crippen LogP contribution in [0.5, 0.6) is 0 Å². The summed E-state index contributed by atoms with van der Waals surface area (Å²) in [4.78, 5) is 0.0315. The molecular formula is C18H19Cl2O3SZr-. The number of halogens is 2. The molecule has 1 aromatic carbocycles. The SMILES string of the molecule is CCC1=C(S(=O)(=O)O)C2=C(CC)C=C(c3ccccc3)C2=[C-]1.Cl.Cl.[Zr]. The predicted molar refractivity (Wildman–Crippen MR) is 102 cm³/mol. The molecule has 2 aliphatic rings. The average Bonchev–Trinajstić information content (AvgIpc) is 3.03. The van der Waals surface area contributed by atoms with Gasteiger partial charge in [0.25, 0.3) is 10.1 Å². The van der Waals surface area contributed by atoms with E-state index in [4.69, 9.17) is 0 Å². The van der Waals surface area contributed by atoms with Gasteiger partial charge in [-0.15, -0.1) is 53.7 Å². The van der Waals surface area contributed by atoms with Crippen molar-refractivity contribution in [3.63, 3.8) is 0 Å². The van der Waals surface area contributed by atoms with Crippen LogP contribution in [0.15, 0.2) is 63.6 Å². The molecule has 0 spiro atoms. The van der Waals surface area contributed by atoms with Crippen LogP contribution >= 0.6 is 24.8 Å². The number of fused-ring (bicyclic) bond motifs is 1. The Balaban J connectivity index is 0.00000192. The van der Waals surface area contributed by atoms with Gasteiger partial charge in [-0.3, -0.25) is 4.55 Å². The van der Waals surface area contributed by atoms with Gasteiger partial charge in [-0.1, -0.05) is 60.9 Å². The topological polar surface area (TPSA) is 54.4 Å². The second kappa shape index (κ2) is 9.48. The van der Waals surface area contributed by atoms with Gasteiger partial charge in [0.15, 0.2) is 0 Å². The number of hydrogen-bond donors (Lipinski definition) is 1. The van der Waals surface area contributed by atoms with Gasteiger partial charge >= 0.3 is 0 Å². The standard InChI is InChI=1S/C18H17O3S.2ClH.Zr/c1-3-12-10-15(14-8-6-5-7-9-14)16-11-13(4-2)18(17(12)16)22(19,20)21;;;/h5-10H,3-4H2,1-2H3,(H,19,20,21);2*1H;/q-1;;;. The first-order valence-corrected chi connectivity index (χ1v) is 8.77. The van der Waals surface area contributed by atoms with Crippen molar-refractivity contribution in [1.82, 2.24) is 0 Å². The van der Waals surface area contributed by atoms with Crippen molar-refractivity contribution in [3.8, 4) is 0 Å². The Morgan fingerprint density at radius 2 is 1.64 bits per heavy atom. The fourth-order valence-electron chi connectivity index (χ4n) is 3.02. The Morgan fingerprint density at radius 1 is 1.04 bits per heavy atom. The summed E-state index contributed by atoms with van der Waals surface area (Å²) >= 11 is 0. The van der Waals surface area contributed by atoms with Crippen molar-refractivity contribution in [2.45, 2.75) is 26.7 Å². The summed E-state index contributed by atoms with van der Waals surface area (Å²) in [5, 5.41) is 0. The molecule has 0 bridgehead atoms. The summed E-state index contributed by atoms with van der Waals surface area (Å²) in [5.74, 6) is 0.